The van der Waals surface area contributed by atoms with Gasteiger partial charge in [-0.15, -0.1) is 0 Å². The van der Waals surface area contributed by atoms with Crippen LogP contribution < -0.4 is 0 Å². The number of halogens is 1. The van der Waals surface area contributed by atoms with E-state index in [4.69, 9.17) is 9.47 Å². The number of ether oxygens (including phenoxy) is 2. The SMILES string of the molecule is COC(/C=C\c1c(C)[nH]c2ccc(F)cc12)=C\OCCN(C)C. The van der Waals surface area contributed by atoms with Crippen LogP contribution in [0.4, 0.5) is 4.39 Å². The molecule has 2 aromatic rings. The van der Waals surface area contributed by atoms with Crippen LogP contribution in [-0.2, 0) is 9.47 Å². The normalized spacial score (nSPS) is 12.5. The van der Waals surface area contributed by atoms with Gasteiger partial charge in [-0.05, 0) is 51.4 Å². The zero-order valence-electron chi connectivity index (χ0n) is 14.0. The Morgan fingerprint density at radius 2 is 2.13 bits per heavy atom. The van der Waals surface area contributed by atoms with Crippen LogP contribution in [0.2, 0.25) is 0 Å². The van der Waals surface area contributed by atoms with Gasteiger partial charge in [-0.1, -0.05) is 0 Å². The highest BCUT2D eigenvalue weighted by Gasteiger charge is 2.07. The molecule has 0 unspecified atom stereocenters. The van der Waals surface area contributed by atoms with E-state index in [-0.39, 0.29) is 5.82 Å². The lowest BCUT2D eigenvalue weighted by Gasteiger charge is -2.09. The second-order valence-corrected chi connectivity index (χ2v) is 5.59. The van der Waals surface area contributed by atoms with Crippen LogP contribution in [0.15, 0.2) is 36.3 Å². The number of aromatic nitrogens is 1. The lowest BCUT2D eigenvalue weighted by atomic mass is 10.1. The molecular formula is C18H23FN2O2. The fourth-order valence-corrected chi connectivity index (χ4v) is 2.23. The molecule has 0 spiro atoms. The number of benzene rings is 1. The molecule has 0 saturated carbocycles. The van der Waals surface area contributed by atoms with Crippen LogP contribution in [-0.4, -0.2) is 44.2 Å². The summed E-state index contributed by atoms with van der Waals surface area (Å²) < 4.78 is 24.2. The second kappa shape index (κ2) is 7.83. The lowest BCUT2D eigenvalue weighted by Crippen LogP contribution is -2.16. The van der Waals surface area contributed by atoms with Crippen molar-refractivity contribution in [3.05, 3.63) is 53.4 Å². The maximum absolute atomic E-state index is 13.5. The van der Waals surface area contributed by atoms with Crippen LogP contribution in [0.1, 0.15) is 11.3 Å². The molecule has 0 fully saturated rings. The zero-order chi connectivity index (χ0) is 16.8. The third kappa shape index (κ3) is 4.60. The van der Waals surface area contributed by atoms with Gasteiger partial charge in [-0.2, -0.15) is 0 Å². The van der Waals surface area contributed by atoms with Gasteiger partial charge in [0.2, 0.25) is 0 Å². The molecule has 2 rings (SSSR count). The van der Waals surface area contributed by atoms with Crippen LogP contribution in [0.3, 0.4) is 0 Å². The van der Waals surface area contributed by atoms with Crippen molar-refractivity contribution in [2.45, 2.75) is 6.92 Å². The quantitative estimate of drug-likeness (QED) is 0.480. The molecule has 1 heterocycles. The number of aryl methyl sites for hydroxylation is 1. The van der Waals surface area contributed by atoms with Gasteiger partial charge in [0, 0.05) is 28.7 Å². The van der Waals surface area contributed by atoms with Gasteiger partial charge in [0.15, 0.2) is 5.76 Å². The fraction of sp³-hybridized carbons (Fsp3) is 0.333. The van der Waals surface area contributed by atoms with Crippen molar-refractivity contribution in [1.82, 2.24) is 9.88 Å². The van der Waals surface area contributed by atoms with E-state index in [0.717, 1.165) is 28.7 Å². The topological polar surface area (TPSA) is 37.5 Å². The number of fused-ring (bicyclic) bond motifs is 1. The first-order valence-electron chi connectivity index (χ1n) is 7.47. The van der Waals surface area contributed by atoms with Crippen molar-refractivity contribution in [2.75, 3.05) is 34.4 Å². The number of hydrogen-bond donors (Lipinski definition) is 1. The minimum atomic E-state index is -0.249. The summed E-state index contributed by atoms with van der Waals surface area (Å²) >= 11 is 0. The summed E-state index contributed by atoms with van der Waals surface area (Å²) in [4.78, 5) is 5.29. The van der Waals surface area contributed by atoms with Gasteiger partial charge in [0.05, 0.1) is 7.11 Å². The van der Waals surface area contributed by atoms with Gasteiger partial charge in [-0.3, -0.25) is 0 Å². The van der Waals surface area contributed by atoms with E-state index >= 15 is 0 Å². The van der Waals surface area contributed by atoms with Crippen molar-refractivity contribution in [3.63, 3.8) is 0 Å². The lowest BCUT2D eigenvalue weighted by molar-refractivity contribution is 0.192. The highest BCUT2D eigenvalue weighted by Crippen LogP contribution is 2.24. The Kier molecular flexibility index (Phi) is 5.82. The largest absolute Gasteiger partial charge is 0.496 e. The molecule has 0 aliphatic carbocycles. The van der Waals surface area contributed by atoms with Crippen molar-refractivity contribution in [1.29, 1.82) is 0 Å². The molecule has 0 saturated heterocycles. The molecule has 23 heavy (non-hydrogen) atoms. The predicted octanol–water partition coefficient (Wildman–Crippen LogP) is 3.69. The Morgan fingerprint density at radius 3 is 2.83 bits per heavy atom. The van der Waals surface area contributed by atoms with Gasteiger partial charge in [0.1, 0.15) is 18.7 Å². The van der Waals surface area contributed by atoms with E-state index in [1.807, 2.05) is 38.1 Å². The fourth-order valence-electron chi connectivity index (χ4n) is 2.23. The average Bonchev–Trinajstić information content (AvgIpc) is 2.81. The standard InChI is InChI=1S/C18H23FN2O2/c1-13-16(17-11-14(19)5-8-18(17)20-13)7-6-15(22-4)12-23-10-9-21(2)3/h5-8,11-12,20H,9-10H2,1-4H3/b7-6-,15-12-. The second-order valence-electron chi connectivity index (χ2n) is 5.59. The van der Waals surface area contributed by atoms with Gasteiger partial charge < -0.3 is 19.4 Å². The van der Waals surface area contributed by atoms with Crippen molar-refractivity contribution < 1.29 is 13.9 Å². The maximum atomic E-state index is 13.5. The summed E-state index contributed by atoms with van der Waals surface area (Å²) in [6.07, 6.45) is 5.30. The van der Waals surface area contributed by atoms with Gasteiger partial charge in [-0.25, -0.2) is 4.39 Å². The summed E-state index contributed by atoms with van der Waals surface area (Å²) in [5, 5.41) is 0.850. The highest BCUT2D eigenvalue weighted by atomic mass is 19.1. The molecule has 0 radical (unpaired) electrons. The molecule has 0 atom stereocenters. The molecule has 5 heteroatoms. The third-order valence-electron chi connectivity index (χ3n) is 3.50. The molecule has 4 nitrogen and oxygen atoms in total. The number of methoxy groups -OCH3 is 1. The summed E-state index contributed by atoms with van der Waals surface area (Å²) in [7, 11) is 5.57. The first kappa shape index (κ1) is 17.1. The first-order valence-corrected chi connectivity index (χ1v) is 7.47. The van der Waals surface area contributed by atoms with Crippen LogP contribution >= 0.6 is 0 Å². The first-order chi connectivity index (χ1) is 11.0. The monoisotopic (exact) mass is 318 g/mol. The Hall–Kier alpha value is -2.27. The van der Waals surface area contributed by atoms with Crippen molar-refractivity contribution >= 4 is 17.0 Å². The molecular weight excluding hydrogens is 295 g/mol. The number of rotatable bonds is 7. The number of nitrogens with zero attached hydrogens (tertiary/aromatic N) is 1. The van der Waals surface area contributed by atoms with Crippen LogP contribution in [0.25, 0.3) is 17.0 Å². The Balaban J connectivity index is 2.16. The average molecular weight is 318 g/mol. The van der Waals surface area contributed by atoms with Crippen molar-refractivity contribution in [3.8, 4) is 0 Å². The molecule has 0 aliphatic rings. The smallest absolute Gasteiger partial charge is 0.153 e. The molecule has 1 N–H and O–H groups in total. The summed E-state index contributed by atoms with van der Waals surface area (Å²) in [6, 6.07) is 4.72. The van der Waals surface area contributed by atoms with Crippen LogP contribution in [0.5, 0.6) is 0 Å². The van der Waals surface area contributed by atoms with E-state index in [1.165, 1.54) is 12.1 Å². The van der Waals surface area contributed by atoms with E-state index in [0.29, 0.717) is 12.4 Å². The molecule has 0 amide bonds. The summed E-state index contributed by atoms with van der Waals surface area (Å²) in [5.41, 5.74) is 2.83. The van der Waals surface area contributed by atoms with E-state index in [1.54, 1.807) is 19.4 Å². The number of allylic oxidation sites excluding steroid dienone is 1. The minimum absolute atomic E-state index is 0.249. The van der Waals surface area contributed by atoms with E-state index in [9.17, 15) is 4.39 Å². The molecule has 124 valence electrons. The Morgan fingerprint density at radius 1 is 1.35 bits per heavy atom. The van der Waals surface area contributed by atoms with Gasteiger partial charge in [0.25, 0.3) is 0 Å². The third-order valence-corrected chi connectivity index (χ3v) is 3.50. The van der Waals surface area contributed by atoms with E-state index in [2.05, 4.69) is 4.98 Å². The molecule has 1 aromatic heterocycles. The Bertz CT molecular complexity index is 717. The van der Waals surface area contributed by atoms with Crippen LogP contribution in [0, 0.1) is 12.7 Å². The maximum Gasteiger partial charge on any atom is 0.153 e. The number of hydrogen-bond acceptors (Lipinski definition) is 3. The van der Waals surface area contributed by atoms with E-state index < -0.39 is 0 Å². The zero-order valence-corrected chi connectivity index (χ0v) is 14.0. The molecule has 0 aliphatic heterocycles. The summed E-state index contributed by atoms with van der Waals surface area (Å²) in [6.45, 7) is 3.38. The number of aromatic amines is 1. The molecule has 0 bridgehead atoms. The van der Waals surface area contributed by atoms with Crippen molar-refractivity contribution in [2.24, 2.45) is 0 Å². The summed E-state index contributed by atoms with van der Waals surface area (Å²) in [5.74, 6) is 0.356. The Labute approximate surface area is 136 Å². The number of likely N-dealkylation sites (N-methyl/N-ethyl adjacent to an activating group) is 1. The minimum Gasteiger partial charge on any atom is -0.496 e. The number of H-pyrrole nitrogens is 1. The number of nitrogens with one attached hydrogen (secondary N) is 1. The van der Waals surface area contributed by atoms with Gasteiger partial charge >= 0.3 is 0 Å². The predicted molar refractivity (Wildman–Crippen MR) is 91.6 cm³/mol. The highest BCUT2D eigenvalue weighted by molar-refractivity contribution is 5.90. The molecule has 1 aromatic carbocycles.